The van der Waals surface area contributed by atoms with Gasteiger partial charge in [0.15, 0.2) is 0 Å². The first-order valence-corrected chi connectivity index (χ1v) is 6.39. The fourth-order valence-corrected chi connectivity index (χ4v) is 1.95. The molecule has 0 amide bonds. The second kappa shape index (κ2) is 6.18. The molecule has 0 aliphatic carbocycles. The molecule has 0 fully saturated rings. The van der Waals surface area contributed by atoms with Crippen molar-refractivity contribution in [3.05, 3.63) is 41.2 Å². The lowest BCUT2D eigenvalue weighted by atomic mass is 10.1. The van der Waals surface area contributed by atoms with E-state index in [1.165, 1.54) is 12.1 Å². The topological polar surface area (TPSA) is 75.9 Å². The number of nitrogens with one attached hydrogen (secondary N) is 2. The van der Waals surface area contributed by atoms with Gasteiger partial charge < -0.3 is 16.4 Å². The molecule has 0 atom stereocenters. The Hall–Kier alpha value is -2.37. The van der Waals surface area contributed by atoms with Gasteiger partial charge in [-0.1, -0.05) is 6.07 Å². The largest absolute Gasteiger partial charge is 0.373 e. The molecule has 106 valence electrons. The van der Waals surface area contributed by atoms with Crippen LogP contribution in [0.4, 0.5) is 22.0 Å². The predicted molar refractivity (Wildman–Crippen MR) is 79.3 cm³/mol. The number of aryl methyl sites for hydroxylation is 1. The second-order valence-corrected chi connectivity index (χ2v) is 4.49. The van der Waals surface area contributed by atoms with Gasteiger partial charge >= 0.3 is 0 Å². The van der Waals surface area contributed by atoms with Gasteiger partial charge in [0.1, 0.15) is 17.5 Å². The summed E-state index contributed by atoms with van der Waals surface area (Å²) in [5, 5.41) is 6.10. The average Bonchev–Trinajstić information content (AvgIpc) is 2.40. The third kappa shape index (κ3) is 3.57. The summed E-state index contributed by atoms with van der Waals surface area (Å²) in [4.78, 5) is 8.12. The number of hydrogen-bond donors (Lipinski definition) is 3. The molecule has 0 spiro atoms. The lowest BCUT2D eigenvalue weighted by Gasteiger charge is -2.09. The quantitative estimate of drug-likeness (QED) is 0.780. The Labute approximate surface area is 117 Å². The van der Waals surface area contributed by atoms with E-state index < -0.39 is 0 Å². The molecular formula is C14H18FN5. The molecule has 20 heavy (non-hydrogen) atoms. The summed E-state index contributed by atoms with van der Waals surface area (Å²) >= 11 is 0. The Morgan fingerprint density at radius 1 is 1.20 bits per heavy atom. The van der Waals surface area contributed by atoms with Crippen LogP contribution in [0.2, 0.25) is 0 Å². The van der Waals surface area contributed by atoms with E-state index in [-0.39, 0.29) is 11.8 Å². The highest BCUT2D eigenvalue weighted by atomic mass is 19.1. The summed E-state index contributed by atoms with van der Waals surface area (Å²) in [6.07, 6.45) is 0.783. The Kier molecular flexibility index (Phi) is 4.34. The summed E-state index contributed by atoms with van der Waals surface area (Å²) < 4.78 is 13.0. The zero-order chi connectivity index (χ0) is 14.5. The first-order valence-electron chi connectivity index (χ1n) is 6.39. The van der Waals surface area contributed by atoms with E-state index in [2.05, 4.69) is 20.6 Å². The lowest BCUT2D eigenvalue weighted by Crippen LogP contribution is -2.09. The fourth-order valence-electron chi connectivity index (χ4n) is 1.95. The van der Waals surface area contributed by atoms with Crippen LogP contribution in [0, 0.1) is 12.7 Å². The Bertz CT molecular complexity index is 600. The molecular weight excluding hydrogens is 257 g/mol. The molecule has 4 N–H and O–H groups in total. The summed E-state index contributed by atoms with van der Waals surface area (Å²) in [5.41, 5.74) is 7.67. The molecule has 5 nitrogen and oxygen atoms in total. The zero-order valence-corrected chi connectivity index (χ0v) is 11.6. The van der Waals surface area contributed by atoms with E-state index in [9.17, 15) is 4.39 Å². The Morgan fingerprint density at radius 3 is 2.65 bits per heavy atom. The van der Waals surface area contributed by atoms with Gasteiger partial charge in [0.05, 0.1) is 0 Å². The second-order valence-electron chi connectivity index (χ2n) is 4.49. The maximum atomic E-state index is 13.0. The fraction of sp³-hybridized carbons (Fsp3) is 0.286. The zero-order valence-electron chi connectivity index (χ0n) is 11.6. The summed E-state index contributed by atoms with van der Waals surface area (Å²) in [6, 6.07) is 6.61. The molecule has 0 saturated heterocycles. The van der Waals surface area contributed by atoms with E-state index in [1.807, 2.05) is 6.92 Å². The molecule has 2 aromatic rings. The SMILES string of the molecule is CNc1cc(NCCc2ccc(F)cc2C)nc(N)n1. The smallest absolute Gasteiger partial charge is 0.223 e. The molecule has 6 heteroatoms. The van der Waals surface area contributed by atoms with Crippen LogP contribution in [0.5, 0.6) is 0 Å². The van der Waals surface area contributed by atoms with Crippen molar-refractivity contribution in [3.63, 3.8) is 0 Å². The van der Waals surface area contributed by atoms with Gasteiger partial charge in [0, 0.05) is 19.7 Å². The number of halogens is 1. The van der Waals surface area contributed by atoms with Crippen LogP contribution in [-0.4, -0.2) is 23.6 Å². The summed E-state index contributed by atoms with van der Waals surface area (Å²) in [7, 11) is 1.77. The molecule has 0 aliphatic heterocycles. The molecule has 1 aromatic heterocycles. The highest BCUT2D eigenvalue weighted by molar-refractivity contribution is 5.50. The number of aromatic nitrogens is 2. The molecule has 0 radical (unpaired) electrons. The Morgan fingerprint density at radius 2 is 1.95 bits per heavy atom. The van der Waals surface area contributed by atoms with E-state index in [1.54, 1.807) is 19.2 Å². The van der Waals surface area contributed by atoms with Crippen molar-refractivity contribution in [1.29, 1.82) is 0 Å². The van der Waals surface area contributed by atoms with Crippen LogP contribution >= 0.6 is 0 Å². The maximum absolute atomic E-state index is 13.0. The third-order valence-electron chi connectivity index (χ3n) is 3.00. The van der Waals surface area contributed by atoms with Crippen molar-refractivity contribution in [2.75, 3.05) is 30.0 Å². The number of nitrogen functional groups attached to an aromatic ring is 1. The number of anilines is 3. The summed E-state index contributed by atoms with van der Waals surface area (Å²) in [5.74, 6) is 1.35. The molecule has 0 unspecified atom stereocenters. The van der Waals surface area contributed by atoms with Gasteiger partial charge in [-0.05, 0) is 36.6 Å². The van der Waals surface area contributed by atoms with Crippen LogP contribution in [0.3, 0.4) is 0 Å². The molecule has 1 aromatic carbocycles. The van der Waals surface area contributed by atoms with Crippen molar-refractivity contribution < 1.29 is 4.39 Å². The van der Waals surface area contributed by atoms with Gasteiger partial charge in [-0.2, -0.15) is 9.97 Å². The minimum Gasteiger partial charge on any atom is -0.373 e. The van der Waals surface area contributed by atoms with Crippen molar-refractivity contribution in [2.45, 2.75) is 13.3 Å². The van der Waals surface area contributed by atoms with Crippen molar-refractivity contribution in [2.24, 2.45) is 0 Å². The van der Waals surface area contributed by atoms with Crippen LogP contribution in [-0.2, 0) is 6.42 Å². The van der Waals surface area contributed by atoms with Gasteiger partial charge in [-0.3, -0.25) is 0 Å². The number of benzene rings is 1. The third-order valence-corrected chi connectivity index (χ3v) is 3.00. The monoisotopic (exact) mass is 275 g/mol. The summed E-state index contributed by atoms with van der Waals surface area (Å²) in [6.45, 7) is 2.59. The van der Waals surface area contributed by atoms with Gasteiger partial charge in [0.2, 0.25) is 5.95 Å². The standard InChI is InChI=1S/C14H18FN5/c1-9-7-11(15)4-3-10(9)5-6-18-13-8-12(17-2)19-14(16)20-13/h3-4,7-8H,5-6H2,1-2H3,(H4,16,17,18,19,20). The normalized spacial score (nSPS) is 10.3. The Balaban J connectivity index is 1.97. The number of nitrogens with zero attached hydrogens (tertiary/aromatic N) is 2. The van der Waals surface area contributed by atoms with Gasteiger partial charge in [-0.25, -0.2) is 4.39 Å². The molecule has 0 aliphatic rings. The molecule has 0 bridgehead atoms. The van der Waals surface area contributed by atoms with Crippen LogP contribution < -0.4 is 16.4 Å². The first kappa shape index (κ1) is 14.0. The lowest BCUT2D eigenvalue weighted by molar-refractivity contribution is 0.625. The molecule has 0 saturated carbocycles. The van der Waals surface area contributed by atoms with E-state index in [0.29, 0.717) is 18.2 Å². The first-order chi connectivity index (χ1) is 9.58. The molecule has 2 rings (SSSR count). The minimum absolute atomic E-state index is 0.207. The number of rotatable bonds is 5. The van der Waals surface area contributed by atoms with Crippen LogP contribution in [0.15, 0.2) is 24.3 Å². The highest BCUT2D eigenvalue weighted by Crippen LogP contribution is 2.13. The maximum Gasteiger partial charge on any atom is 0.223 e. The van der Waals surface area contributed by atoms with E-state index >= 15 is 0 Å². The van der Waals surface area contributed by atoms with Crippen molar-refractivity contribution in [3.8, 4) is 0 Å². The number of hydrogen-bond acceptors (Lipinski definition) is 5. The van der Waals surface area contributed by atoms with Crippen molar-refractivity contribution in [1.82, 2.24) is 9.97 Å². The van der Waals surface area contributed by atoms with Gasteiger partial charge in [0.25, 0.3) is 0 Å². The highest BCUT2D eigenvalue weighted by Gasteiger charge is 2.03. The van der Waals surface area contributed by atoms with Gasteiger partial charge in [-0.15, -0.1) is 0 Å². The van der Waals surface area contributed by atoms with E-state index in [4.69, 9.17) is 5.73 Å². The number of nitrogens with two attached hydrogens (primary N) is 1. The predicted octanol–water partition coefficient (Wildman–Crippen LogP) is 2.20. The molecule has 1 heterocycles. The average molecular weight is 275 g/mol. The van der Waals surface area contributed by atoms with Crippen LogP contribution in [0.25, 0.3) is 0 Å². The van der Waals surface area contributed by atoms with Crippen molar-refractivity contribution >= 4 is 17.6 Å². The van der Waals surface area contributed by atoms with Crippen LogP contribution in [0.1, 0.15) is 11.1 Å². The van der Waals surface area contributed by atoms with E-state index in [0.717, 1.165) is 17.5 Å². The minimum atomic E-state index is -0.207.